The van der Waals surface area contributed by atoms with E-state index in [9.17, 15) is 5.11 Å². The number of pyridine rings is 1. The lowest BCUT2D eigenvalue weighted by Gasteiger charge is -2.24. The molecule has 0 unspecified atom stereocenters. The maximum Gasteiger partial charge on any atom is 0.138 e. The molecule has 0 radical (unpaired) electrons. The van der Waals surface area contributed by atoms with Gasteiger partial charge in [0.1, 0.15) is 5.75 Å². The van der Waals surface area contributed by atoms with E-state index in [1.165, 1.54) is 0 Å². The van der Waals surface area contributed by atoms with Gasteiger partial charge in [-0.05, 0) is 30.9 Å². The van der Waals surface area contributed by atoms with Crippen molar-refractivity contribution in [3.63, 3.8) is 0 Å². The average molecular weight is 252 g/mol. The Balaban J connectivity index is 2.43. The van der Waals surface area contributed by atoms with E-state index in [1.807, 2.05) is 6.92 Å². The summed E-state index contributed by atoms with van der Waals surface area (Å²) in [5.41, 5.74) is 1.80. The summed E-state index contributed by atoms with van der Waals surface area (Å²) in [5.74, 6) is 0.253. The van der Waals surface area contributed by atoms with Crippen molar-refractivity contribution in [1.82, 2.24) is 10.3 Å². The molecule has 4 heteroatoms. The van der Waals surface area contributed by atoms with Crippen molar-refractivity contribution < 1.29 is 9.84 Å². The van der Waals surface area contributed by atoms with E-state index < -0.39 is 0 Å². The molecule has 0 amide bonds. The summed E-state index contributed by atoms with van der Waals surface area (Å²) in [4.78, 5) is 4.32. The number of nitrogens with zero attached hydrogens (tertiary/aromatic N) is 1. The van der Waals surface area contributed by atoms with E-state index in [4.69, 9.17) is 4.74 Å². The molecule has 0 fully saturated rings. The van der Waals surface area contributed by atoms with Crippen molar-refractivity contribution >= 4 is 0 Å². The molecule has 0 atom stereocenters. The van der Waals surface area contributed by atoms with Crippen LogP contribution in [0.1, 0.15) is 31.7 Å². The Morgan fingerprint density at radius 1 is 1.39 bits per heavy atom. The molecule has 0 saturated carbocycles. The fourth-order valence-electron chi connectivity index (χ4n) is 1.72. The number of aromatic hydroxyl groups is 1. The van der Waals surface area contributed by atoms with Crippen LogP contribution >= 0.6 is 0 Å². The largest absolute Gasteiger partial charge is 0.506 e. The third-order valence-corrected chi connectivity index (χ3v) is 2.97. The first-order chi connectivity index (χ1) is 8.44. The Labute approximate surface area is 109 Å². The molecule has 18 heavy (non-hydrogen) atoms. The molecule has 0 saturated heterocycles. The predicted molar refractivity (Wildman–Crippen MR) is 72.6 cm³/mol. The molecule has 1 rings (SSSR count). The minimum atomic E-state index is 0.176. The second-order valence-corrected chi connectivity index (χ2v) is 5.43. The Kier molecular flexibility index (Phi) is 5.56. The van der Waals surface area contributed by atoms with Gasteiger partial charge in [-0.15, -0.1) is 0 Å². The molecule has 0 aliphatic carbocycles. The van der Waals surface area contributed by atoms with Crippen LogP contribution in [0.4, 0.5) is 0 Å². The Bertz CT molecular complexity index is 378. The van der Waals surface area contributed by atoms with Crippen molar-refractivity contribution in [3.05, 3.63) is 23.5 Å². The van der Waals surface area contributed by atoms with Gasteiger partial charge in [-0.1, -0.05) is 13.8 Å². The highest BCUT2D eigenvalue weighted by molar-refractivity contribution is 5.27. The van der Waals surface area contributed by atoms with E-state index in [-0.39, 0.29) is 11.2 Å². The van der Waals surface area contributed by atoms with Gasteiger partial charge in [-0.3, -0.25) is 4.98 Å². The van der Waals surface area contributed by atoms with Gasteiger partial charge in [0, 0.05) is 32.5 Å². The van der Waals surface area contributed by atoms with Crippen molar-refractivity contribution in [3.8, 4) is 5.75 Å². The van der Waals surface area contributed by atoms with E-state index >= 15 is 0 Å². The minimum absolute atomic E-state index is 0.176. The maximum atomic E-state index is 9.68. The first kappa shape index (κ1) is 14.9. The third kappa shape index (κ3) is 5.02. The van der Waals surface area contributed by atoms with E-state index in [0.29, 0.717) is 12.2 Å². The normalized spacial score (nSPS) is 11.8. The molecule has 0 spiro atoms. The highest BCUT2D eigenvalue weighted by atomic mass is 16.5. The van der Waals surface area contributed by atoms with E-state index in [1.54, 1.807) is 19.2 Å². The number of nitrogens with one attached hydrogen (secondary N) is 1. The van der Waals surface area contributed by atoms with E-state index in [0.717, 1.165) is 25.3 Å². The number of rotatable bonds is 7. The molecule has 0 bridgehead atoms. The lowest BCUT2D eigenvalue weighted by Crippen LogP contribution is -2.30. The number of hydrogen-bond donors (Lipinski definition) is 2. The first-order valence-corrected chi connectivity index (χ1v) is 6.30. The highest BCUT2D eigenvalue weighted by Crippen LogP contribution is 2.20. The minimum Gasteiger partial charge on any atom is -0.506 e. The zero-order chi connectivity index (χ0) is 13.6. The Morgan fingerprint density at radius 2 is 2.11 bits per heavy atom. The number of methoxy groups -OCH3 is 1. The van der Waals surface area contributed by atoms with Crippen LogP contribution in [0, 0.1) is 12.3 Å². The van der Waals surface area contributed by atoms with Crippen LogP contribution in [-0.2, 0) is 11.3 Å². The summed E-state index contributed by atoms with van der Waals surface area (Å²) < 4.78 is 5.10. The summed E-state index contributed by atoms with van der Waals surface area (Å²) in [6.45, 7) is 8.54. The molecule has 0 aliphatic heterocycles. The second kappa shape index (κ2) is 6.71. The van der Waals surface area contributed by atoms with Gasteiger partial charge in [-0.25, -0.2) is 0 Å². The third-order valence-electron chi connectivity index (χ3n) is 2.97. The fourth-order valence-corrected chi connectivity index (χ4v) is 1.72. The zero-order valence-electron chi connectivity index (χ0n) is 11.8. The number of hydrogen-bond acceptors (Lipinski definition) is 4. The number of aryl methyl sites for hydroxylation is 1. The fraction of sp³-hybridized carbons (Fsp3) is 0.643. The number of aromatic nitrogens is 1. The highest BCUT2D eigenvalue weighted by Gasteiger charge is 2.17. The van der Waals surface area contributed by atoms with Gasteiger partial charge in [0.05, 0.1) is 5.69 Å². The van der Waals surface area contributed by atoms with Crippen LogP contribution in [0.3, 0.4) is 0 Å². The molecular formula is C14H24N2O2. The SMILES string of the molecule is COCCC(C)(C)CNCc1nc(C)ccc1O. The molecule has 4 nitrogen and oxygen atoms in total. The van der Waals surface area contributed by atoms with Crippen molar-refractivity contribution in [2.75, 3.05) is 20.3 Å². The average Bonchev–Trinajstić information content (AvgIpc) is 2.31. The number of ether oxygens (including phenoxy) is 1. The van der Waals surface area contributed by atoms with Crippen LogP contribution in [0.2, 0.25) is 0 Å². The van der Waals surface area contributed by atoms with Gasteiger partial charge >= 0.3 is 0 Å². The second-order valence-electron chi connectivity index (χ2n) is 5.43. The molecular weight excluding hydrogens is 228 g/mol. The smallest absolute Gasteiger partial charge is 0.138 e. The summed E-state index contributed by atoms with van der Waals surface area (Å²) >= 11 is 0. The van der Waals surface area contributed by atoms with Gasteiger partial charge in [0.2, 0.25) is 0 Å². The Hall–Kier alpha value is -1.13. The van der Waals surface area contributed by atoms with Crippen LogP contribution in [0.25, 0.3) is 0 Å². The van der Waals surface area contributed by atoms with Crippen LogP contribution in [-0.4, -0.2) is 30.4 Å². The Morgan fingerprint density at radius 3 is 2.78 bits per heavy atom. The molecule has 2 N–H and O–H groups in total. The topological polar surface area (TPSA) is 54.4 Å². The zero-order valence-corrected chi connectivity index (χ0v) is 11.8. The quantitative estimate of drug-likeness (QED) is 0.781. The van der Waals surface area contributed by atoms with Gasteiger partial charge in [-0.2, -0.15) is 0 Å². The van der Waals surface area contributed by atoms with Crippen molar-refractivity contribution in [1.29, 1.82) is 0 Å². The first-order valence-electron chi connectivity index (χ1n) is 6.30. The predicted octanol–water partition coefficient (Wildman–Crippen LogP) is 2.25. The molecule has 102 valence electrons. The molecule has 1 heterocycles. The lowest BCUT2D eigenvalue weighted by molar-refractivity contribution is 0.150. The van der Waals surface area contributed by atoms with Gasteiger partial charge < -0.3 is 15.2 Å². The van der Waals surface area contributed by atoms with Crippen LogP contribution < -0.4 is 5.32 Å². The van der Waals surface area contributed by atoms with Crippen LogP contribution in [0.15, 0.2) is 12.1 Å². The summed E-state index contributed by atoms with van der Waals surface area (Å²) in [6.07, 6.45) is 1.00. The molecule has 0 aliphatic rings. The van der Waals surface area contributed by atoms with Crippen molar-refractivity contribution in [2.45, 2.75) is 33.7 Å². The monoisotopic (exact) mass is 252 g/mol. The summed E-state index contributed by atoms with van der Waals surface area (Å²) in [5, 5.41) is 13.0. The van der Waals surface area contributed by atoms with Crippen LogP contribution in [0.5, 0.6) is 5.75 Å². The molecule has 0 aromatic carbocycles. The standard InChI is InChI=1S/C14H24N2O2/c1-11-5-6-13(17)12(16-11)9-15-10-14(2,3)7-8-18-4/h5-6,15,17H,7-10H2,1-4H3. The summed E-state index contributed by atoms with van der Waals surface area (Å²) in [6, 6.07) is 3.50. The van der Waals surface area contributed by atoms with Gasteiger partial charge in [0.15, 0.2) is 0 Å². The summed E-state index contributed by atoms with van der Waals surface area (Å²) in [7, 11) is 1.72. The van der Waals surface area contributed by atoms with Crippen molar-refractivity contribution in [2.24, 2.45) is 5.41 Å². The van der Waals surface area contributed by atoms with E-state index in [2.05, 4.69) is 24.1 Å². The maximum absolute atomic E-state index is 9.68. The molecule has 1 aromatic rings. The molecule has 1 aromatic heterocycles. The van der Waals surface area contributed by atoms with Gasteiger partial charge in [0.25, 0.3) is 0 Å². The lowest BCUT2D eigenvalue weighted by atomic mass is 9.90.